The van der Waals surface area contributed by atoms with Crippen LogP contribution in [0.5, 0.6) is 5.75 Å². The third-order valence-corrected chi connectivity index (χ3v) is 3.40. The van der Waals surface area contributed by atoms with Gasteiger partial charge >= 0.3 is 0 Å². The van der Waals surface area contributed by atoms with Gasteiger partial charge in [0.25, 0.3) is 0 Å². The summed E-state index contributed by atoms with van der Waals surface area (Å²) in [5.41, 5.74) is 2.83. The monoisotopic (exact) mass is 259 g/mol. The van der Waals surface area contributed by atoms with Crippen LogP contribution in [0.4, 0.5) is 0 Å². The Morgan fingerprint density at radius 1 is 1.32 bits per heavy atom. The minimum absolute atomic E-state index is 0.00643. The van der Waals surface area contributed by atoms with Crippen LogP contribution in [0.3, 0.4) is 0 Å². The van der Waals surface area contributed by atoms with Gasteiger partial charge < -0.3 is 9.84 Å². The fourth-order valence-corrected chi connectivity index (χ4v) is 2.43. The van der Waals surface area contributed by atoms with Gasteiger partial charge in [-0.2, -0.15) is 5.10 Å². The molecule has 0 radical (unpaired) electrons. The molecule has 1 fully saturated rings. The highest BCUT2D eigenvalue weighted by molar-refractivity contribution is 5.59. The SMILES string of the molecule is Cc1cnn(C2CCCCO2)c1-c1ccc(O)cn1. The van der Waals surface area contributed by atoms with E-state index in [9.17, 15) is 5.11 Å². The summed E-state index contributed by atoms with van der Waals surface area (Å²) in [5.74, 6) is 0.168. The lowest BCUT2D eigenvalue weighted by Crippen LogP contribution is -2.20. The van der Waals surface area contributed by atoms with Crippen LogP contribution < -0.4 is 0 Å². The van der Waals surface area contributed by atoms with E-state index in [4.69, 9.17) is 4.74 Å². The summed E-state index contributed by atoms with van der Waals surface area (Å²) in [4.78, 5) is 4.27. The van der Waals surface area contributed by atoms with Gasteiger partial charge in [-0.1, -0.05) is 0 Å². The molecule has 0 aromatic carbocycles. The Kier molecular flexibility index (Phi) is 3.21. The number of nitrogens with zero attached hydrogens (tertiary/aromatic N) is 3. The van der Waals surface area contributed by atoms with Crippen molar-refractivity contribution in [3.05, 3.63) is 30.1 Å². The van der Waals surface area contributed by atoms with E-state index in [2.05, 4.69) is 10.1 Å². The van der Waals surface area contributed by atoms with Crippen molar-refractivity contribution in [3.63, 3.8) is 0 Å². The lowest BCUT2D eigenvalue weighted by molar-refractivity contribution is -0.0384. The molecule has 1 atom stereocenters. The standard InChI is InChI=1S/C14H17N3O2/c1-10-8-16-17(13-4-2-3-7-19-13)14(10)12-6-5-11(18)9-15-12/h5-6,8-9,13,18H,2-4,7H2,1H3. The molecule has 0 bridgehead atoms. The van der Waals surface area contributed by atoms with Crippen molar-refractivity contribution in [2.75, 3.05) is 6.61 Å². The normalized spacial score (nSPS) is 19.5. The molecular formula is C14H17N3O2. The van der Waals surface area contributed by atoms with Crippen molar-refractivity contribution in [2.24, 2.45) is 0 Å². The van der Waals surface area contributed by atoms with E-state index in [0.717, 1.165) is 42.8 Å². The van der Waals surface area contributed by atoms with Gasteiger partial charge in [0.05, 0.1) is 23.8 Å². The number of ether oxygens (including phenoxy) is 1. The van der Waals surface area contributed by atoms with Crippen LogP contribution >= 0.6 is 0 Å². The van der Waals surface area contributed by atoms with Crippen LogP contribution in [-0.2, 0) is 4.74 Å². The first-order valence-corrected chi connectivity index (χ1v) is 6.57. The smallest absolute Gasteiger partial charge is 0.150 e. The van der Waals surface area contributed by atoms with Gasteiger partial charge in [-0.15, -0.1) is 0 Å². The van der Waals surface area contributed by atoms with Crippen LogP contribution in [0.2, 0.25) is 0 Å². The molecule has 1 aliphatic heterocycles. The Morgan fingerprint density at radius 3 is 2.89 bits per heavy atom. The lowest BCUT2D eigenvalue weighted by Gasteiger charge is -2.24. The molecule has 5 nitrogen and oxygen atoms in total. The highest BCUT2D eigenvalue weighted by atomic mass is 16.5. The first-order valence-electron chi connectivity index (χ1n) is 6.57. The van der Waals surface area contributed by atoms with Crippen molar-refractivity contribution in [2.45, 2.75) is 32.4 Å². The Labute approximate surface area is 111 Å². The van der Waals surface area contributed by atoms with E-state index in [0.29, 0.717) is 0 Å². The summed E-state index contributed by atoms with van der Waals surface area (Å²) in [6.07, 6.45) is 6.53. The maximum atomic E-state index is 9.33. The number of aromatic hydroxyl groups is 1. The van der Waals surface area contributed by atoms with Crippen LogP contribution in [-0.4, -0.2) is 26.5 Å². The second kappa shape index (κ2) is 5.01. The van der Waals surface area contributed by atoms with E-state index >= 15 is 0 Å². The number of aryl methyl sites for hydroxylation is 1. The Hall–Kier alpha value is -1.88. The number of hydrogen-bond donors (Lipinski definition) is 1. The fraction of sp³-hybridized carbons (Fsp3) is 0.429. The number of aromatic nitrogens is 3. The molecule has 1 N–H and O–H groups in total. The molecule has 5 heteroatoms. The molecule has 3 heterocycles. The van der Waals surface area contributed by atoms with Crippen LogP contribution in [0.1, 0.15) is 31.1 Å². The van der Waals surface area contributed by atoms with Gasteiger partial charge in [-0.3, -0.25) is 4.98 Å². The molecule has 1 saturated heterocycles. The highest BCUT2D eigenvalue weighted by Crippen LogP contribution is 2.30. The van der Waals surface area contributed by atoms with E-state index in [1.165, 1.54) is 6.20 Å². The van der Waals surface area contributed by atoms with Gasteiger partial charge in [-0.05, 0) is 43.9 Å². The molecule has 3 rings (SSSR count). The summed E-state index contributed by atoms with van der Waals surface area (Å²) in [6.45, 7) is 2.79. The summed E-state index contributed by atoms with van der Waals surface area (Å²) in [6, 6.07) is 3.44. The second-order valence-electron chi connectivity index (χ2n) is 4.84. The topological polar surface area (TPSA) is 60.2 Å². The zero-order valence-corrected chi connectivity index (χ0v) is 10.9. The molecule has 1 unspecified atom stereocenters. The van der Waals surface area contributed by atoms with Gasteiger partial charge in [0.15, 0.2) is 6.23 Å². The van der Waals surface area contributed by atoms with Crippen molar-refractivity contribution >= 4 is 0 Å². The maximum absolute atomic E-state index is 9.33. The minimum atomic E-state index is -0.00643. The average molecular weight is 259 g/mol. The molecule has 0 amide bonds. The van der Waals surface area contributed by atoms with E-state index in [1.807, 2.05) is 17.8 Å². The Bertz CT molecular complexity index is 557. The van der Waals surface area contributed by atoms with Crippen molar-refractivity contribution in [3.8, 4) is 17.1 Å². The number of pyridine rings is 1. The third-order valence-electron chi connectivity index (χ3n) is 3.40. The third kappa shape index (κ3) is 2.33. The van der Waals surface area contributed by atoms with Crippen molar-refractivity contribution in [1.29, 1.82) is 0 Å². The van der Waals surface area contributed by atoms with Crippen LogP contribution in [0.25, 0.3) is 11.4 Å². The predicted octanol–water partition coefficient (Wildman–Crippen LogP) is 2.66. The molecule has 0 aliphatic carbocycles. The molecule has 2 aromatic heterocycles. The van der Waals surface area contributed by atoms with Crippen molar-refractivity contribution in [1.82, 2.24) is 14.8 Å². The summed E-state index contributed by atoms with van der Waals surface area (Å²) < 4.78 is 7.70. The predicted molar refractivity (Wildman–Crippen MR) is 70.7 cm³/mol. The molecule has 0 saturated carbocycles. The first-order chi connectivity index (χ1) is 9.25. The molecule has 100 valence electrons. The average Bonchev–Trinajstić information content (AvgIpc) is 2.83. The van der Waals surface area contributed by atoms with Gasteiger partial charge in [-0.25, -0.2) is 4.68 Å². The molecule has 1 aliphatic rings. The summed E-state index contributed by atoms with van der Waals surface area (Å²) in [7, 11) is 0. The van der Waals surface area contributed by atoms with Crippen LogP contribution in [0.15, 0.2) is 24.5 Å². The lowest BCUT2D eigenvalue weighted by atomic mass is 10.1. The van der Waals surface area contributed by atoms with Crippen molar-refractivity contribution < 1.29 is 9.84 Å². The zero-order chi connectivity index (χ0) is 13.2. The quantitative estimate of drug-likeness (QED) is 0.900. The van der Waals surface area contributed by atoms with Crippen LogP contribution in [0, 0.1) is 6.92 Å². The van der Waals surface area contributed by atoms with E-state index in [-0.39, 0.29) is 12.0 Å². The molecule has 2 aromatic rings. The Morgan fingerprint density at radius 2 is 2.21 bits per heavy atom. The van der Waals surface area contributed by atoms with E-state index in [1.54, 1.807) is 12.1 Å². The molecular weight excluding hydrogens is 242 g/mol. The highest BCUT2D eigenvalue weighted by Gasteiger charge is 2.21. The minimum Gasteiger partial charge on any atom is -0.506 e. The van der Waals surface area contributed by atoms with Gasteiger partial charge in [0.1, 0.15) is 5.75 Å². The molecule has 19 heavy (non-hydrogen) atoms. The van der Waals surface area contributed by atoms with E-state index < -0.39 is 0 Å². The maximum Gasteiger partial charge on any atom is 0.150 e. The Balaban J connectivity index is 2.00. The number of rotatable bonds is 2. The van der Waals surface area contributed by atoms with Gasteiger partial charge in [0.2, 0.25) is 0 Å². The number of hydrogen-bond acceptors (Lipinski definition) is 4. The largest absolute Gasteiger partial charge is 0.506 e. The second-order valence-corrected chi connectivity index (χ2v) is 4.84. The summed E-state index contributed by atoms with van der Waals surface area (Å²) >= 11 is 0. The zero-order valence-electron chi connectivity index (χ0n) is 10.9. The molecule has 0 spiro atoms. The van der Waals surface area contributed by atoms with Gasteiger partial charge in [0, 0.05) is 6.61 Å². The first kappa shape index (κ1) is 12.2. The summed E-state index contributed by atoms with van der Waals surface area (Å²) in [5, 5.41) is 13.8. The fourth-order valence-electron chi connectivity index (χ4n) is 2.43.